The van der Waals surface area contributed by atoms with Crippen LogP contribution in [0.1, 0.15) is 16.7 Å². The largest absolute Gasteiger partial charge is 0.383 e. The molecule has 0 atom stereocenters. The summed E-state index contributed by atoms with van der Waals surface area (Å²) in [6, 6.07) is 11.6. The molecule has 0 unspecified atom stereocenters. The fourth-order valence-corrected chi connectivity index (χ4v) is 3.35. The van der Waals surface area contributed by atoms with Gasteiger partial charge in [-0.2, -0.15) is 0 Å². The molecule has 2 heterocycles. The Morgan fingerprint density at radius 3 is 2.77 bits per heavy atom. The zero-order valence-corrected chi connectivity index (χ0v) is 15.9. The Labute approximate surface area is 171 Å². The van der Waals surface area contributed by atoms with Crippen LogP contribution in [0.3, 0.4) is 0 Å². The molecule has 0 saturated heterocycles. The van der Waals surface area contributed by atoms with E-state index < -0.39 is 11.6 Å². The van der Waals surface area contributed by atoms with E-state index >= 15 is 0 Å². The summed E-state index contributed by atoms with van der Waals surface area (Å²) in [5, 5.41) is 10.4. The highest BCUT2D eigenvalue weighted by atomic mass is 19.2. The molecule has 0 spiro atoms. The van der Waals surface area contributed by atoms with Crippen molar-refractivity contribution in [2.75, 3.05) is 12.3 Å². The first-order chi connectivity index (χ1) is 14.6. The van der Waals surface area contributed by atoms with Crippen LogP contribution in [-0.4, -0.2) is 17.4 Å². The number of benzene rings is 2. The molecule has 0 bridgehead atoms. The molecular formula is C21H19F2N7. The van der Waals surface area contributed by atoms with E-state index in [2.05, 4.69) is 37.8 Å². The van der Waals surface area contributed by atoms with Gasteiger partial charge in [-0.1, -0.05) is 29.5 Å². The van der Waals surface area contributed by atoms with Gasteiger partial charge in [-0.3, -0.25) is 0 Å². The zero-order valence-electron chi connectivity index (χ0n) is 15.9. The Bertz CT molecular complexity index is 1160. The third kappa shape index (κ3) is 3.87. The molecule has 1 aromatic heterocycles. The van der Waals surface area contributed by atoms with E-state index in [-0.39, 0.29) is 17.3 Å². The summed E-state index contributed by atoms with van der Waals surface area (Å²) in [6.07, 6.45) is 2.58. The van der Waals surface area contributed by atoms with Crippen LogP contribution in [0.2, 0.25) is 0 Å². The van der Waals surface area contributed by atoms with Crippen molar-refractivity contribution in [3.8, 4) is 11.1 Å². The maximum absolute atomic E-state index is 14.1. The molecule has 2 aromatic carbocycles. The molecule has 0 saturated carbocycles. The standard InChI is InChI=1S/C21H19F2N7/c22-17-2-1-3-18(19(17)23)28-21(29-30-25)16-9-15(11-27-20(16)24)12-4-5-14-10-26-7-6-13(14)8-12/h1-5,8-9,11,26H,6-7,10H2,(H2,24,27)(H2,25,28,29). The number of halogens is 2. The SMILES string of the molecule is NN=NC(=Nc1cccc(F)c1F)c1cc(-c2ccc3c(c2)CCNC3)cnc1N. The van der Waals surface area contributed by atoms with Crippen LogP contribution >= 0.6 is 0 Å². The van der Waals surface area contributed by atoms with Crippen molar-refractivity contribution in [2.45, 2.75) is 13.0 Å². The molecule has 152 valence electrons. The molecule has 0 aliphatic carbocycles. The van der Waals surface area contributed by atoms with E-state index in [0.717, 1.165) is 36.7 Å². The molecule has 30 heavy (non-hydrogen) atoms. The number of nitrogens with one attached hydrogen (secondary N) is 1. The molecule has 5 N–H and O–H groups in total. The third-order valence-electron chi connectivity index (χ3n) is 4.90. The monoisotopic (exact) mass is 407 g/mol. The number of pyridine rings is 1. The van der Waals surface area contributed by atoms with E-state index in [0.29, 0.717) is 5.56 Å². The molecule has 7 nitrogen and oxygen atoms in total. The Morgan fingerprint density at radius 1 is 1.07 bits per heavy atom. The number of aliphatic imine (C=N–C) groups is 1. The Balaban J connectivity index is 1.79. The van der Waals surface area contributed by atoms with E-state index in [1.807, 2.05) is 6.07 Å². The van der Waals surface area contributed by atoms with Gasteiger partial charge < -0.3 is 16.9 Å². The number of anilines is 1. The lowest BCUT2D eigenvalue weighted by Crippen LogP contribution is -2.23. The highest BCUT2D eigenvalue weighted by Gasteiger charge is 2.15. The summed E-state index contributed by atoms with van der Waals surface area (Å²) in [5.41, 5.74) is 10.3. The van der Waals surface area contributed by atoms with Gasteiger partial charge in [0.1, 0.15) is 11.5 Å². The van der Waals surface area contributed by atoms with E-state index in [1.165, 1.54) is 23.3 Å². The highest BCUT2D eigenvalue weighted by molar-refractivity contribution is 6.04. The summed E-state index contributed by atoms with van der Waals surface area (Å²) >= 11 is 0. The molecule has 9 heteroatoms. The average molecular weight is 407 g/mol. The predicted octanol–water partition coefficient (Wildman–Crippen LogP) is 3.66. The topological polar surface area (TPSA) is 114 Å². The average Bonchev–Trinajstić information content (AvgIpc) is 2.76. The second-order valence-corrected chi connectivity index (χ2v) is 6.79. The first kappa shape index (κ1) is 19.6. The molecule has 0 fully saturated rings. The maximum atomic E-state index is 14.1. The molecular weight excluding hydrogens is 388 g/mol. The van der Waals surface area contributed by atoms with Crippen molar-refractivity contribution in [1.29, 1.82) is 0 Å². The third-order valence-corrected chi connectivity index (χ3v) is 4.90. The van der Waals surface area contributed by atoms with Gasteiger partial charge >= 0.3 is 0 Å². The van der Waals surface area contributed by atoms with E-state index in [4.69, 9.17) is 11.6 Å². The molecule has 0 radical (unpaired) electrons. The lowest BCUT2D eigenvalue weighted by Gasteiger charge is -2.18. The number of hydrogen-bond donors (Lipinski definition) is 3. The summed E-state index contributed by atoms with van der Waals surface area (Å²) in [6.45, 7) is 1.77. The lowest BCUT2D eigenvalue weighted by atomic mass is 9.95. The van der Waals surface area contributed by atoms with E-state index in [9.17, 15) is 8.78 Å². The minimum Gasteiger partial charge on any atom is -0.383 e. The number of amidine groups is 1. The minimum atomic E-state index is -1.10. The Kier molecular flexibility index (Phi) is 5.44. The predicted molar refractivity (Wildman–Crippen MR) is 111 cm³/mol. The quantitative estimate of drug-likeness (QED) is 0.202. The van der Waals surface area contributed by atoms with Crippen molar-refractivity contribution < 1.29 is 8.78 Å². The molecule has 0 amide bonds. The van der Waals surface area contributed by atoms with E-state index in [1.54, 1.807) is 12.3 Å². The van der Waals surface area contributed by atoms with Crippen molar-refractivity contribution >= 4 is 17.3 Å². The number of aromatic nitrogens is 1. The van der Waals surface area contributed by atoms with Crippen molar-refractivity contribution in [3.05, 3.63) is 77.0 Å². The van der Waals surface area contributed by atoms with Crippen molar-refractivity contribution in [3.63, 3.8) is 0 Å². The van der Waals surface area contributed by atoms with Crippen LogP contribution in [0.5, 0.6) is 0 Å². The van der Waals surface area contributed by atoms with Gasteiger partial charge in [-0.25, -0.2) is 18.8 Å². The van der Waals surface area contributed by atoms with Gasteiger partial charge in [0, 0.05) is 18.3 Å². The number of nitrogen functional groups attached to an aromatic ring is 1. The van der Waals surface area contributed by atoms with Crippen LogP contribution in [0.15, 0.2) is 64.0 Å². The Morgan fingerprint density at radius 2 is 1.93 bits per heavy atom. The van der Waals surface area contributed by atoms with Crippen LogP contribution in [0.25, 0.3) is 11.1 Å². The second-order valence-electron chi connectivity index (χ2n) is 6.79. The summed E-state index contributed by atoms with van der Waals surface area (Å²) < 4.78 is 27.6. The number of rotatable bonds is 3. The van der Waals surface area contributed by atoms with Crippen molar-refractivity contribution in [1.82, 2.24) is 10.3 Å². The molecule has 1 aliphatic rings. The smallest absolute Gasteiger partial charge is 0.187 e. The second kappa shape index (κ2) is 8.34. The van der Waals surface area contributed by atoms with Crippen LogP contribution < -0.4 is 16.9 Å². The van der Waals surface area contributed by atoms with Gasteiger partial charge in [0.2, 0.25) is 0 Å². The molecule has 1 aliphatic heterocycles. The number of nitrogens with zero attached hydrogens (tertiary/aromatic N) is 4. The van der Waals surface area contributed by atoms with Crippen molar-refractivity contribution in [2.24, 2.45) is 21.2 Å². The first-order valence-electron chi connectivity index (χ1n) is 9.29. The van der Waals surface area contributed by atoms with Gasteiger partial charge in [0.15, 0.2) is 17.5 Å². The first-order valence-corrected chi connectivity index (χ1v) is 9.29. The van der Waals surface area contributed by atoms with Gasteiger partial charge in [-0.15, -0.1) is 5.11 Å². The van der Waals surface area contributed by atoms with Gasteiger partial charge in [-0.05, 0) is 47.9 Å². The molecule has 4 rings (SSSR count). The van der Waals surface area contributed by atoms with Gasteiger partial charge in [0.05, 0.1) is 5.56 Å². The minimum absolute atomic E-state index is 0.0731. The van der Waals surface area contributed by atoms with Crippen LogP contribution in [0.4, 0.5) is 20.3 Å². The number of nitrogens with two attached hydrogens (primary N) is 2. The zero-order chi connectivity index (χ0) is 21.1. The van der Waals surface area contributed by atoms with Gasteiger partial charge in [0.25, 0.3) is 0 Å². The normalized spacial score (nSPS) is 14.1. The van der Waals surface area contributed by atoms with Crippen LogP contribution in [-0.2, 0) is 13.0 Å². The van der Waals surface area contributed by atoms with Crippen LogP contribution in [0, 0.1) is 11.6 Å². The number of fused-ring (bicyclic) bond motifs is 1. The summed E-state index contributed by atoms with van der Waals surface area (Å²) in [7, 11) is 0. The Hall–Kier alpha value is -3.72. The maximum Gasteiger partial charge on any atom is 0.187 e. The lowest BCUT2D eigenvalue weighted by molar-refractivity contribution is 0.510. The summed E-state index contributed by atoms with van der Waals surface area (Å²) in [4.78, 5) is 8.30. The summed E-state index contributed by atoms with van der Waals surface area (Å²) in [5.74, 6) is 3.12. The highest BCUT2D eigenvalue weighted by Crippen LogP contribution is 2.28. The fraction of sp³-hybridized carbons (Fsp3) is 0.143. The number of hydrogen-bond acceptors (Lipinski definition) is 5. The molecule has 3 aromatic rings. The fourth-order valence-electron chi connectivity index (χ4n) is 3.35.